The van der Waals surface area contributed by atoms with Crippen LogP contribution in [-0.4, -0.2) is 39.2 Å². The van der Waals surface area contributed by atoms with Crippen molar-refractivity contribution in [2.75, 3.05) is 0 Å². The van der Waals surface area contributed by atoms with Gasteiger partial charge in [-0.1, -0.05) is 78.9 Å². The molecule has 0 aliphatic heterocycles. The Labute approximate surface area is 206 Å². The van der Waals surface area contributed by atoms with Crippen molar-refractivity contribution in [1.29, 1.82) is 0 Å². The summed E-state index contributed by atoms with van der Waals surface area (Å²) in [5, 5.41) is 0.599. The number of rotatable bonds is 3. The molecule has 0 aromatic heterocycles. The molecule has 0 saturated carbocycles. The first kappa shape index (κ1) is 22.0. The molecule has 1 atom stereocenters. The molecule has 1 unspecified atom stereocenters. The molecule has 0 saturated heterocycles. The Kier molecular flexibility index (Phi) is 5.29. The molecule has 0 fully saturated rings. The van der Waals surface area contributed by atoms with E-state index < -0.39 is 5.41 Å². The Morgan fingerprint density at radius 1 is 0.667 bits per heavy atom. The topological polar surface area (TPSA) is 0 Å². The van der Waals surface area contributed by atoms with Crippen LogP contribution in [0.25, 0.3) is 17.2 Å². The summed E-state index contributed by atoms with van der Waals surface area (Å²) >= 11 is 6.54. The summed E-state index contributed by atoms with van der Waals surface area (Å²) in [6, 6.07) is 22.1. The van der Waals surface area contributed by atoms with Crippen LogP contribution in [0, 0.1) is 0 Å². The molecule has 0 bridgehead atoms. The number of hydrogen-bond acceptors (Lipinski definition) is 0. The summed E-state index contributed by atoms with van der Waals surface area (Å²) < 4.78 is 0. The van der Waals surface area contributed by atoms with E-state index in [0.29, 0.717) is 21.5 Å². The molecule has 4 aromatic carbocycles. The third-order valence-electron chi connectivity index (χ3n) is 6.66. The maximum atomic E-state index is 6.67. The van der Waals surface area contributed by atoms with Crippen LogP contribution in [0.3, 0.4) is 0 Å². The molecule has 5 rings (SSSR count). The van der Waals surface area contributed by atoms with Gasteiger partial charge in [-0.3, -0.25) is 0 Å². The van der Waals surface area contributed by atoms with E-state index in [4.69, 9.17) is 50.8 Å². The Bertz CT molecular complexity index is 1410. The lowest BCUT2D eigenvalue weighted by molar-refractivity contribution is 0.780. The molecular weight excluding hydrogens is 414 g/mol. The van der Waals surface area contributed by atoms with Gasteiger partial charge in [0.25, 0.3) is 0 Å². The molecule has 0 N–H and O–H groups in total. The molecule has 10 radical (unpaired) electrons. The van der Waals surface area contributed by atoms with Crippen molar-refractivity contribution in [1.82, 2.24) is 0 Å². The van der Waals surface area contributed by atoms with E-state index >= 15 is 0 Å². The highest BCUT2D eigenvalue weighted by Crippen LogP contribution is 2.55. The van der Waals surface area contributed by atoms with Gasteiger partial charge in [-0.2, -0.15) is 0 Å². The summed E-state index contributed by atoms with van der Waals surface area (Å²) in [6.45, 7) is 3.87. The van der Waals surface area contributed by atoms with Crippen molar-refractivity contribution in [2.24, 2.45) is 0 Å². The van der Waals surface area contributed by atoms with Gasteiger partial charge in [0.2, 0.25) is 0 Å². The van der Waals surface area contributed by atoms with Crippen LogP contribution in [-0.2, 0) is 5.41 Å². The van der Waals surface area contributed by atoms with Gasteiger partial charge in [0.15, 0.2) is 0 Å². The highest BCUT2D eigenvalue weighted by Gasteiger charge is 2.47. The Hall–Kier alpha value is -2.77. The third-order valence-corrected chi connectivity index (χ3v) is 6.90. The van der Waals surface area contributed by atoms with Gasteiger partial charge < -0.3 is 0 Å². The standard InChI is InChI=1S/C27H14B5Cl/c1-2-14-7-9-15(10-8-14)27(21-22(28)24(30)26(32)25(31)23(21)29)19-6-4-3-5-17(19)18-12-11-16(33)13-20(18)27/h2-13H,1H2. The van der Waals surface area contributed by atoms with Gasteiger partial charge in [-0.05, 0) is 51.1 Å². The largest absolute Gasteiger partial charge is 0.113 e. The van der Waals surface area contributed by atoms with Crippen LogP contribution in [0.4, 0.5) is 0 Å². The molecule has 144 valence electrons. The molecule has 1 aliphatic carbocycles. The normalized spacial score (nSPS) is 16.3. The Morgan fingerprint density at radius 3 is 1.88 bits per heavy atom. The molecular formula is C27H14B5Cl. The Morgan fingerprint density at radius 2 is 1.24 bits per heavy atom. The lowest BCUT2D eigenvalue weighted by Crippen LogP contribution is -2.59. The van der Waals surface area contributed by atoms with Crippen LogP contribution in [0.1, 0.15) is 27.8 Å². The zero-order valence-electron chi connectivity index (χ0n) is 17.9. The van der Waals surface area contributed by atoms with E-state index in [1.165, 1.54) is 0 Å². The van der Waals surface area contributed by atoms with E-state index in [1.54, 1.807) is 6.08 Å². The van der Waals surface area contributed by atoms with Crippen LogP contribution < -0.4 is 27.3 Å². The highest BCUT2D eigenvalue weighted by atomic mass is 35.5. The molecule has 33 heavy (non-hydrogen) atoms. The zero-order chi connectivity index (χ0) is 23.5. The van der Waals surface area contributed by atoms with Crippen molar-refractivity contribution in [2.45, 2.75) is 5.41 Å². The number of benzene rings is 4. The summed E-state index contributed by atoms with van der Waals surface area (Å²) in [5.74, 6) is 0. The van der Waals surface area contributed by atoms with Crippen molar-refractivity contribution in [3.63, 3.8) is 0 Å². The fraction of sp³-hybridized carbons (Fsp3) is 0.0370. The quantitative estimate of drug-likeness (QED) is 0.381. The molecule has 0 heterocycles. The fourth-order valence-corrected chi connectivity index (χ4v) is 5.27. The minimum absolute atomic E-state index is 0.184. The average molecular weight is 428 g/mol. The van der Waals surface area contributed by atoms with Crippen LogP contribution in [0.5, 0.6) is 0 Å². The van der Waals surface area contributed by atoms with Gasteiger partial charge in [0, 0.05) is 5.02 Å². The van der Waals surface area contributed by atoms with Crippen LogP contribution in [0.15, 0.2) is 73.3 Å². The second-order valence-corrected chi connectivity index (χ2v) is 8.69. The number of hydrogen-bond donors (Lipinski definition) is 0. The van der Waals surface area contributed by atoms with Gasteiger partial charge in [-0.15, -0.1) is 27.3 Å². The number of fused-ring (bicyclic) bond motifs is 3. The Balaban J connectivity index is 2.04. The summed E-state index contributed by atoms with van der Waals surface area (Å²) in [5.41, 5.74) is 6.91. The van der Waals surface area contributed by atoms with Crippen LogP contribution in [0.2, 0.25) is 5.02 Å². The highest BCUT2D eigenvalue weighted by molar-refractivity contribution is 6.67. The zero-order valence-corrected chi connectivity index (χ0v) is 18.7. The monoisotopic (exact) mass is 428 g/mol. The molecule has 0 spiro atoms. The molecule has 0 nitrogen and oxygen atoms in total. The van der Waals surface area contributed by atoms with E-state index in [2.05, 4.69) is 18.7 Å². The van der Waals surface area contributed by atoms with E-state index in [1.807, 2.05) is 54.6 Å². The second kappa shape index (κ2) is 7.92. The van der Waals surface area contributed by atoms with Crippen molar-refractivity contribution in [3.05, 3.63) is 106 Å². The van der Waals surface area contributed by atoms with Gasteiger partial charge in [-0.25, -0.2) is 0 Å². The summed E-state index contributed by atoms with van der Waals surface area (Å²) in [4.78, 5) is 0. The smallest absolute Gasteiger partial charge is 0.112 e. The van der Waals surface area contributed by atoms with Gasteiger partial charge >= 0.3 is 0 Å². The minimum Gasteiger partial charge on any atom is -0.112 e. The molecule has 1 aliphatic rings. The summed E-state index contributed by atoms with van der Waals surface area (Å²) in [7, 11) is 32.2. The van der Waals surface area contributed by atoms with E-state index in [9.17, 15) is 0 Å². The summed E-state index contributed by atoms with van der Waals surface area (Å²) in [6.07, 6.45) is 1.80. The second-order valence-electron chi connectivity index (χ2n) is 8.25. The molecule has 0 amide bonds. The first-order valence-electron chi connectivity index (χ1n) is 10.5. The number of halogens is 1. The van der Waals surface area contributed by atoms with Crippen LogP contribution >= 0.6 is 11.6 Å². The maximum Gasteiger partial charge on any atom is 0.113 e. The maximum absolute atomic E-state index is 6.67. The lowest BCUT2D eigenvalue weighted by Gasteiger charge is -2.39. The lowest BCUT2D eigenvalue weighted by atomic mass is 9.53. The van der Waals surface area contributed by atoms with Crippen molar-refractivity contribution >= 4 is 84.2 Å². The molecule has 4 aromatic rings. The van der Waals surface area contributed by atoms with E-state index in [0.717, 1.165) is 33.4 Å². The van der Waals surface area contributed by atoms with E-state index in [-0.39, 0.29) is 16.4 Å². The van der Waals surface area contributed by atoms with Crippen molar-refractivity contribution < 1.29 is 0 Å². The minimum atomic E-state index is -0.902. The van der Waals surface area contributed by atoms with Gasteiger partial charge in [0.05, 0.1) is 5.41 Å². The van der Waals surface area contributed by atoms with Gasteiger partial charge in [0.1, 0.15) is 39.2 Å². The molecule has 6 heteroatoms. The third kappa shape index (κ3) is 2.98. The predicted octanol–water partition coefficient (Wildman–Crippen LogP) is 1.32. The average Bonchev–Trinajstić information content (AvgIpc) is 3.12. The first-order chi connectivity index (χ1) is 15.8. The predicted molar refractivity (Wildman–Crippen MR) is 146 cm³/mol. The SMILES string of the molecule is [B]c1c([B])c([B])c(C2(c3ccc(C=C)cc3)c3ccccc3-c3ccc(Cl)cc32)c([B])c1[B]. The van der Waals surface area contributed by atoms with Crippen molar-refractivity contribution in [3.8, 4) is 11.1 Å². The first-order valence-corrected chi connectivity index (χ1v) is 10.8. The fourth-order valence-electron chi connectivity index (χ4n) is 5.10.